The van der Waals surface area contributed by atoms with Crippen LogP contribution in [0, 0.1) is 17.1 Å². The molecule has 43 heavy (non-hydrogen) atoms. The van der Waals surface area contributed by atoms with Gasteiger partial charge in [0.2, 0.25) is 5.91 Å². The summed E-state index contributed by atoms with van der Waals surface area (Å²) in [6.07, 6.45) is 2.90. The zero-order valence-electron chi connectivity index (χ0n) is 23.6. The number of likely N-dealkylation sites (tertiary alicyclic amines) is 1. The van der Waals surface area contributed by atoms with E-state index in [2.05, 4.69) is 19.7 Å². The van der Waals surface area contributed by atoms with Gasteiger partial charge in [0.1, 0.15) is 23.2 Å². The lowest BCUT2D eigenvalue weighted by Gasteiger charge is -2.33. The van der Waals surface area contributed by atoms with E-state index in [0.29, 0.717) is 35.8 Å². The van der Waals surface area contributed by atoms with E-state index in [1.165, 1.54) is 12.1 Å². The average Bonchev–Trinajstić information content (AvgIpc) is 3.51. The molecule has 2 aromatic heterocycles. The summed E-state index contributed by atoms with van der Waals surface area (Å²) in [7, 11) is 0. The SMILES string of the molecule is CC1(c2ccc(C(N)=O)cc2F)Oc2cccc(C3CCN(Cc4nc5cc(C#N)nnc5n4C[C@@H]4CCO4)CC3)c2O1. The lowest BCUT2D eigenvalue weighted by atomic mass is 9.88. The third-order valence-electron chi connectivity index (χ3n) is 8.61. The summed E-state index contributed by atoms with van der Waals surface area (Å²) < 4.78 is 35.3. The van der Waals surface area contributed by atoms with Crippen LogP contribution in [0.1, 0.15) is 65.1 Å². The fraction of sp³-hybridized carbons (Fsp3) is 0.387. The fourth-order valence-electron chi connectivity index (χ4n) is 6.19. The maximum Gasteiger partial charge on any atom is 0.278 e. The van der Waals surface area contributed by atoms with E-state index in [1.54, 1.807) is 13.0 Å². The number of halogens is 1. The second-order valence-electron chi connectivity index (χ2n) is 11.4. The Hall–Kier alpha value is -4.60. The Balaban J connectivity index is 1.07. The van der Waals surface area contributed by atoms with Crippen molar-refractivity contribution in [2.45, 2.75) is 57.1 Å². The maximum absolute atomic E-state index is 15.0. The molecule has 3 aliphatic heterocycles. The number of nitrogens with zero attached hydrogens (tertiary/aromatic N) is 6. The van der Waals surface area contributed by atoms with Gasteiger partial charge in [0.25, 0.3) is 5.79 Å². The van der Waals surface area contributed by atoms with Crippen LogP contribution in [0.2, 0.25) is 0 Å². The van der Waals surface area contributed by atoms with Crippen LogP contribution in [0.5, 0.6) is 11.5 Å². The van der Waals surface area contributed by atoms with E-state index in [1.807, 2.05) is 24.3 Å². The van der Waals surface area contributed by atoms with Gasteiger partial charge in [-0.3, -0.25) is 9.69 Å². The number of piperidine rings is 1. The highest BCUT2D eigenvalue weighted by atomic mass is 19.1. The average molecular weight is 584 g/mol. The fourth-order valence-corrected chi connectivity index (χ4v) is 6.19. The molecule has 7 rings (SSSR count). The molecule has 2 aromatic carbocycles. The van der Waals surface area contributed by atoms with Crippen molar-refractivity contribution in [1.82, 2.24) is 24.6 Å². The van der Waals surface area contributed by atoms with E-state index in [9.17, 15) is 10.1 Å². The number of nitriles is 1. The summed E-state index contributed by atoms with van der Waals surface area (Å²) in [6.45, 7) is 5.41. The second-order valence-corrected chi connectivity index (χ2v) is 11.4. The minimum atomic E-state index is -1.38. The summed E-state index contributed by atoms with van der Waals surface area (Å²) in [6, 6.07) is 13.6. The predicted molar refractivity (Wildman–Crippen MR) is 152 cm³/mol. The third-order valence-corrected chi connectivity index (χ3v) is 8.61. The number of benzene rings is 2. The van der Waals surface area contributed by atoms with Crippen molar-refractivity contribution in [3.05, 3.63) is 76.5 Å². The second kappa shape index (κ2) is 10.6. The Morgan fingerprint density at radius 3 is 2.67 bits per heavy atom. The van der Waals surface area contributed by atoms with Gasteiger partial charge in [-0.25, -0.2) is 9.37 Å². The van der Waals surface area contributed by atoms with Crippen molar-refractivity contribution in [2.24, 2.45) is 5.73 Å². The van der Waals surface area contributed by atoms with Crippen molar-refractivity contribution in [3.63, 3.8) is 0 Å². The quantitative estimate of drug-likeness (QED) is 0.344. The summed E-state index contributed by atoms with van der Waals surface area (Å²) in [5, 5.41) is 17.6. The Bertz CT molecular complexity index is 1770. The Labute approximate surface area is 247 Å². The van der Waals surface area contributed by atoms with Crippen LogP contribution >= 0.6 is 0 Å². The molecule has 2 N–H and O–H groups in total. The summed E-state index contributed by atoms with van der Waals surface area (Å²) >= 11 is 0. The molecule has 0 saturated carbocycles. The first-order chi connectivity index (χ1) is 20.8. The lowest BCUT2D eigenvalue weighted by molar-refractivity contribution is -0.0712. The van der Waals surface area contributed by atoms with Gasteiger partial charge in [0.15, 0.2) is 22.8 Å². The zero-order valence-corrected chi connectivity index (χ0v) is 23.6. The van der Waals surface area contributed by atoms with Gasteiger partial charge in [-0.15, -0.1) is 10.2 Å². The number of hydrogen-bond acceptors (Lipinski definition) is 9. The van der Waals surface area contributed by atoms with Crippen LogP contribution in [0.15, 0.2) is 42.5 Å². The molecule has 0 radical (unpaired) electrons. The molecular weight excluding hydrogens is 553 g/mol. The molecular formula is C31H30FN7O4. The van der Waals surface area contributed by atoms with Crippen LogP contribution in [-0.2, 0) is 23.6 Å². The maximum atomic E-state index is 15.0. The Morgan fingerprint density at radius 2 is 1.98 bits per heavy atom. The first kappa shape index (κ1) is 27.2. The molecule has 2 saturated heterocycles. The Morgan fingerprint density at radius 1 is 1.16 bits per heavy atom. The molecule has 3 aliphatic rings. The first-order valence-corrected chi connectivity index (χ1v) is 14.4. The largest absolute Gasteiger partial charge is 0.444 e. The van der Waals surface area contributed by atoms with Gasteiger partial charge in [-0.2, -0.15) is 5.26 Å². The highest BCUT2D eigenvalue weighted by Gasteiger charge is 2.43. The van der Waals surface area contributed by atoms with Gasteiger partial charge in [-0.05, 0) is 62.5 Å². The smallest absolute Gasteiger partial charge is 0.278 e. The van der Waals surface area contributed by atoms with Gasteiger partial charge in [0.05, 0.1) is 24.8 Å². The number of carbonyl (C=O) groups is 1. The van der Waals surface area contributed by atoms with Crippen molar-refractivity contribution in [1.29, 1.82) is 5.26 Å². The van der Waals surface area contributed by atoms with Crippen LogP contribution in [0.4, 0.5) is 4.39 Å². The standard InChI is InChI=1S/C31H30FN7O4/c1-31(23-6-5-19(29(34)40)13-24(23)32)42-26-4-2-3-22(28(26)43-31)18-7-10-38(11-8-18)17-27-35-25-14-20(15-33)36-37-30(25)39(27)16-21-9-12-41-21/h2-6,13-14,18,21H,7-12,16-17H2,1H3,(H2,34,40)/t21-,31?/m0/s1. The number of fused-ring (bicyclic) bond motifs is 2. The van der Waals surface area contributed by atoms with Crippen LogP contribution in [-0.4, -0.2) is 56.4 Å². The van der Waals surface area contributed by atoms with Gasteiger partial charge in [-0.1, -0.05) is 12.1 Å². The lowest BCUT2D eigenvalue weighted by Crippen LogP contribution is -2.35. The molecule has 220 valence electrons. The molecule has 11 nitrogen and oxygen atoms in total. The van der Waals surface area contributed by atoms with Crippen molar-refractivity contribution < 1.29 is 23.4 Å². The van der Waals surface area contributed by atoms with E-state index in [4.69, 9.17) is 24.9 Å². The van der Waals surface area contributed by atoms with Crippen molar-refractivity contribution in [2.75, 3.05) is 19.7 Å². The highest BCUT2D eigenvalue weighted by molar-refractivity contribution is 5.92. The van der Waals surface area contributed by atoms with Crippen LogP contribution in [0.25, 0.3) is 11.2 Å². The molecule has 0 bridgehead atoms. The zero-order chi connectivity index (χ0) is 29.7. The molecule has 1 amide bonds. The van der Waals surface area contributed by atoms with Crippen LogP contribution in [0.3, 0.4) is 0 Å². The van der Waals surface area contributed by atoms with Gasteiger partial charge < -0.3 is 24.5 Å². The summed E-state index contributed by atoms with van der Waals surface area (Å²) in [5.41, 5.74) is 8.19. The van der Waals surface area contributed by atoms with Crippen LogP contribution < -0.4 is 15.2 Å². The molecule has 12 heteroatoms. The van der Waals surface area contributed by atoms with E-state index in [-0.39, 0.29) is 28.8 Å². The minimum absolute atomic E-state index is 0.0830. The number of para-hydroxylation sites is 1. The predicted octanol–water partition coefficient (Wildman–Crippen LogP) is 3.75. The van der Waals surface area contributed by atoms with E-state index < -0.39 is 17.5 Å². The number of carbonyl (C=O) groups excluding carboxylic acids is 1. The minimum Gasteiger partial charge on any atom is -0.444 e. The topological polar surface area (TPSA) is 141 Å². The molecule has 0 aliphatic carbocycles. The first-order valence-electron chi connectivity index (χ1n) is 14.4. The number of hydrogen-bond donors (Lipinski definition) is 1. The number of nitrogens with two attached hydrogens (primary N) is 1. The molecule has 0 spiro atoms. The normalized spacial score (nSPS) is 21.9. The van der Waals surface area contributed by atoms with Crippen molar-refractivity contribution >= 4 is 17.1 Å². The summed E-state index contributed by atoms with van der Waals surface area (Å²) in [5.74, 6) is -0.409. The van der Waals surface area contributed by atoms with Gasteiger partial charge in [0, 0.05) is 30.7 Å². The van der Waals surface area contributed by atoms with E-state index in [0.717, 1.165) is 56.4 Å². The molecule has 4 aromatic rings. The number of ether oxygens (including phenoxy) is 3. The monoisotopic (exact) mass is 583 g/mol. The number of rotatable bonds is 7. The Kier molecular flexibility index (Phi) is 6.71. The van der Waals surface area contributed by atoms with Crippen molar-refractivity contribution in [3.8, 4) is 17.6 Å². The number of primary amides is 1. The molecule has 5 heterocycles. The van der Waals surface area contributed by atoms with E-state index >= 15 is 4.39 Å². The number of amides is 1. The number of aromatic nitrogens is 4. The molecule has 2 atom stereocenters. The third kappa shape index (κ3) is 4.94. The highest BCUT2D eigenvalue weighted by Crippen LogP contribution is 2.49. The number of imidazole rings is 1. The molecule has 2 fully saturated rings. The van der Waals surface area contributed by atoms with Gasteiger partial charge >= 0.3 is 0 Å². The molecule has 1 unspecified atom stereocenters. The summed E-state index contributed by atoms with van der Waals surface area (Å²) in [4.78, 5) is 18.7.